The number of nitrogens with one attached hydrogen (secondary N) is 2. The first kappa shape index (κ1) is 16.7. The van der Waals surface area contributed by atoms with Crippen LogP contribution in [0.15, 0.2) is 24.3 Å². The Morgan fingerprint density at radius 2 is 1.90 bits per heavy atom. The third kappa shape index (κ3) is 5.64. The second-order valence-electron chi connectivity index (χ2n) is 4.69. The highest BCUT2D eigenvalue weighted by atomic mass is 16.2. The van der Waals surface area contributed by atoms with Crippen LogP contribution in [0.25, 0.3) is 0 Å². The molecule has 0 fully saturated rings. The number of hydrogen-bond donors (Lipinski definition) is 2. The van der Waals surface area contributed by atoms with E-state index in [1.54, 1.807) is 24.3 Å². The Morgan fingerprint density at radius 1 is 1.19 bits per heavy atom. The first-order chi connectivity index (χ1) is 9.93. The largest absolute Gasteiger partial charge is 0.355 e. The first-order valence-electron chi connectivity index (χ1n) is 6.86. The van der Waals surface area contributed by atoms with Crippen LogP contribution in [0.5, 0.6) is 0 Å². The molecule has 0 saturated heterocycles. The monoisotopic (exact) mass is 291 g/mol. The van der Waals surface area contributed by atoms with Crippen LogP contribution in [0.1, 0.15) is 27.2 Å². The van der Waals surface area contributed by atoms with E-state index in [-0.39, 0.29) is 24.3 Å². The zero-order valence-corrected chi connectivity index (χ0v) is 12.6. The first-order valence-corrected chi connectivity index (χ1v) is 6.86. The van der Waals surface area contributed by atoms with E-state index in [1.807, 2.05) is 6.92 Å². The van der Waals surface area contributed by atoms with Gasteiger partial charge in [0, 0.05) is 31.8 Å². The number of amides is 3. The van der Waals surface area contributed by atoms with Gasteiger partial charge in [-0.05, 0) is 24.6 Å². The Bertz CT molecular complexity index is 529. The van der Waals surface area contributed by atoms with Crippen molar-refractivity contribution < 1.29 is 14.4 Å². The van der Waals surface area contributed by atoms with Crippen LogP contribution < -0.4 is 15.5 Å². The minimum Gasteiger partial charge on any atom is -0.355 e. The van der Waals surface area contributed by atoms with E-state index in [2.05, 4.69) is 10.6 Å². The van der Waals surface area contributed by atoms with Gasteiger partial charge < -0.3 is 15.5 Å². The number of rotatable bonds is 6. The van der Waals surface area contributed by atoms with Crippen LogP contribution >= 0.6 is 0 Å². The summed E-state index contributed by atoms with van der Waals surface area (Å²) in [5.74, 6) is -0.638. The standard InChI is InChI=1S/C15H21N3O3/c1-4-8-16-15(21)10-18(12(3)20)14-7-5-6-13(9-14)17-11(2)19/h5-7,9H,4,8,10H2,1-3H3,(H,16,21)(H,17,19). The van der Waals surface area contributed by atoms with Crippen LogP contribution in [0.2, 0.25) is 0 Å². The van der Waals surface area contributed by atoms with Gasteiger partial charge in [0.25, 0.3) is 0 Å². The van der Waals surface area contributed by atoms with Crippen molar-refractivity contribution in [2.24, 2.45) is 0 Å². The van der Waals surface area contributed by atoms with Gasteiger partial charge in [-0.25, -0.2) is 0 Å². The van der Waals surface area contributed by atoms with Gasteiger partial charge >= 0.3 is 0 Å². The number of benzene rings is 1. The summed E-state index contributed by atoms with van der Waals surface area (Å²) in [5, 5.41) is 5.38. The Balaban J connectivity index is 2.87. The fraction of sp³-hybridized carbons (Fsp3) is 0.400. The van der Waals surface area contributed by atoms with E-state index >= 15 is 0 Å². The zero-order valence-electron chi connectivity index (χ0n) is 12.6. The van der Waals surface area contributed by atoms with Crippen molar-refractivity contribution in [1.82, 2.24) is 5.32 Å². The minimum atomic E-state index is -0.235. The van der Waals surface area contributed by atoms with Crippen LogP contribution in [-0.4, -0.2) is 30.8 Å². The van der Waals surface area contributed by atoms with Crippen LogP contribution in [0.3, 0.4) is 0 Å². The predicted octanol–water partition coefficient (Wildman–Crippen LogP) is 1.52. The molecule has 0 saturated carbocycles. The lowest BCUT2D eigenvalue weighted by atomic mass is 10.2. The molecule has 1 aromatic carbocycles. The molecular weight excluding hydrogens is 270 g/mol. The molecule has 6 heteroatoms. The quantitative estimate of drug-likeness (QED) is 0.834. The molecule has 6 nitrogen and oxygen atoms in total. The van der Waals surface area contributed by atoms with E-state index in [9.17, 15) is 14.4 Å². The van der Waals surface area contributed by atoms with Gasteiger partial charge in [0.1, 0.15) is 6.54 Å². The molecule has 3 amide bonds. The summed E-state index contributed by atoms with van der Waals surface area (Å²) >= 11 is 0. The maximum atomic E-state index is 11.8. The zero-order chi connectivity index (χ0) is 15.8. The van der Waals surface area contributed by atoms with Crippen molar-refractivity contribution in [2.45, 2.75) is 27.2 Å². The minimum absolute atomic E-state index is 0.0428. The number of carbonyl (C=O) groups excluding carboxylic acids is 3. The smallest absolute Gasteiger partial charge is 0.240 e. The van der Waals surface area contributed by atoms with E-state index in [4.69, 9.17) is 0 Å². The maximum absolute atomic E-state index is 11.8. The molecule has 0 aliphatic rings. The van der Waals surface area contributed by atoms with E-state index in [0.717, 1.165) is 6.42 Å². The van der Waals surface area contributed by atoms with Gasteiger partial charge in [0.2, 0.25) is 17.7 Å². The summed E-state index contributed by atoms with van der Waals surface area (Å²) in [4.78, 5) is 36.0. The van der Waals surface area contributed by atoms with Gasteiger partial charge in [-0.3, -0.25) is 14.4 Å². The van der Waals surface area contributed by atoms with Gasteiger partial charge in [0.05, 0.1) is 0 Å². The number of hydrogen-bond acceptors (Lipinski definition) is 3. The maximum Gasteiger partial charge on any atom is 0.240 e. The van der Waals surface area contributed by atoms with Crippen LogP contribution in [-0.2, 0) is 14.4 Å². The summed E-state index contributed by atoms with van der Waals surface area (Å²) in [6.07, 6.45) is 0.837. The Labute approximate surface area is 124 Å². The third-order valence-electron chi connectivity index (χ3n) is 2.73. The number of anilines is 2. The Kier molecular flexibility index (Phi) is 6.39. The molecule has 0 aliphatic carbocycles. The molecule has 0 bridgehead atoms. The van der Waals surface area contributed by atoms with Gasteiger partial charge in [-0.1, -0.05) is 13.0 Å². The normalized spacial score (nSPS) is 9.86. The SMILES string of the molecule is CCCNC(=O)CN(C(C)=O)c1cccc(NC(C)=O)c1. The lowest BCUT2D eigenvalue weighted by Gasteiger charge is -2.21. The second-order valence-corrected chi connectivity index (χ2v) is 4.69. The summed E-state index contributed by atoms with van der Waals surface area (Å²) in [7, 11) is 0. The topological polar surface area (TPSA) is 78.5 Å². The summed E-state index contributed by atoms with van der Waals surface area (Å²) in [6.45, 7) is 5.31. The lowest BCUT2D eigenvalue weighted by Crippen LogP contribution is -2.40. The highest BCUT2D eigenvalue weighted by Gasteiger charge is 2.15. The van der Waals surface area contributed by atoms with E-state index < -0.39 is 0 Å². The van der Waals surface area contributed by atoms with Gasteiger partial charge in [-0.2, -0.15) is 0 Å². The molecule has 0 heterocycles. The molecule has 1 rings (SSSR count). The summed E-state index contributed by atoms with van der Waals surface area (Å²) < 4.78 is 0. The van der Waals surface area contributed by atoms with Crippen molar-refractivity contribution in [3.05, 3.63) is 24.3 Å². The molecule has 0 spiro atoms. The number of carbonyl (C=O) groups is 3. The molecule has 21 heavy (non-hydrogen) atoms. The average Bonchev–Trinajstić information content (AvgIpc) is 2.41. The summed E-state index contributed by atoms with van der Waals surface area (Å²) in [6, 6.07) is 6.83. The molecule has 0 aromatic heterocycles. The molecule has 114 valence electrons. The van der Waals surface area contributed by atoms with Crippen LogP contribution in [0, 0.1) is 0 Å². The number of nitrogens with zero attached hydrogens (tertiary/aromatic N) is 1. The van der Waals surface area contributed by atoms with Gasteiger partial charge in [0.15, 0.2) is 0 Å². The second kappa shape index (κ2) is 8.04. The lowest BCUT2D eigenvalue weighted by molar-refractivity contribution is -0.123. The molecule has 2 N–H and O–H groups in total. The van der Waals surface area contributed by atoms with Crippen molar-refractivity contribution in [2.75, 3.05) is 23.3 Å². The van der Waals surface area contributed by atoms with Crippen molar-refractivity contribution >= 4 is 29.1 Å². The Hall–Kier alpha value is -2.37. The van der Waals surface area contributed by atoms with E-state index in [0.29, 0.717) is 17.9 Å². The Morgan fingerprint density at radius 3 is 2.48 bits per heavy atom. The van der Waals surface area contributed by atoms with Crippen molar-refractivity contribution in [3.8, 4) is 0 Å². The predicted molar refractivity (Wildman–Crippen MR) is 82.1 cm³/mol. The molecule has 0 aliphatic heterocycles. The molecule has 0 unspecified atom stereocenters. The molecular formula is C15H21N3O3. The fourth-order valence-corrected chi connectivity index (χ4v) is 1.80. The fourth-order valence-electron chi connectivity index (χ4n) is 1.80. The average molecular weight is 291 g/mol. The van der Waals surface area contributed by atoms with Crippen LogP contribution in [0.4, 0.5) is 11.4 Å². The summed E-state index contributed by atoms with van der Waals surface area (Å²) in [5.41, 5.74) is 1.15. The van der Waals surface area contributed by atoms with Crippen molar-refractivity contribution in [1.29, 1.82) is 0 Å². The molecule has 0 radical (unpaired) electrons. The molecule has 0 atom stereocenters. The van der Waals surface area contributed by atoms with E-state index in [1.165, 1.54) is 18.7 Å². The highest BCUT2D eigenvalue weighted by Crippen LogP contribution is 2.19. The van der Waals surface area contributed by atoms with Gasteiger partial charge in [-0.15, -0.1) is 0 Å². The highest BCUT2D eigenvalue weighted by molar-refractivity contribution is 5.98. The third-order valence-corrected chi connectivity index (χ3v) is 2.73. The van der Waals surface area contributed by atoms with Crippen molar-refractivity contribution in [3.63, 3.8) is 0 Å². The molecule has 1 aromatic rings.